The summed E-state index contributed by atoms with van der Waals surface area (Å²) in [4.78, 5) is 54.6. The highest BCUT2D eigenvalue weighted by Gasteiger charge is 2.48. The van der Waals surface area contributed by atoms with Gasteiger partial charge in [-0.05, 0) is 78.6 Å². The Morgan fingerprint density at radius 1 is 0.865 bits per heavy atom. The van der Waals surface area contributed by atoms with Crippen LogP contribution in [0.4, 0.5) is 10.1 Å². The molecule has 0 bridgehead atoms. The summed E-state index contributed by atoms with van der Waals surface area (Å²) < 4.78 is 29.3. The second-order valence-electron chi connectivity index (χ2n) is 13.1. The van der Waals surface area contributed by atoms with Crippen LogP contribution in [0.1, 0.15) is 80.3 Å². The van der Waals surface area contributed by atoms with E-state index in [1.54, 1.807) is 17.0 Å². The first-order chi connectivity index (χ1) is 24.9. The first-order valence-electron chi connectivity index (χ1n) is 17.2. The molecule has 1 saturated heterocycles. The second-order valence-corrected chi connectivity index (χ2v) is 13.1. The Hall–Kier alpha value is -5.43. The molecule has 52 heavy (non-hydrogen) atoms. The molecule has 1 aliphatic heterocycles. The van der Waals surface area contributed by atoms with Crippen LogP contribution >= 0.6 is 0 Å². The van der Waals surface area contributed by atoms with Crippen molar-refractivity contribution in [1.29, 1.82) is 0 Å². The molecular formula is C39H43FN4O8. The Kier molecular flexibility index (Phi) is 12.5. The van der Waals surface area contributed by atoms with Crippen LogP contribution in [0, 0.1) is 11.7 Å². The molecule has 1 amide bonds. The fourth-order valence-corrected chi connectivity index (χ4v) is 6.36. The number of halogens is 1. The monoisotopic (exact) mass is 714 g/mol. The number of aromatic amines is 1. The molecule has 274 valence electrons. The molecule has 0 spiro atoms. The number of ether oxygens (including phenoxy) is 3. The third-order valence-corrected chi connectivity index (χ3v) is 9.12. The van der Waals surface area contributed by atoms with E-state index in [1.807, 2.05) is 48.5 Å². The highest BCUT2D eigenvalue weighted by Crippen LogP contribution is 2.46. The molecule has 1 fully saturated rings. The fraction of sp³-hybridized carbons (Fsp3) is 0.385. The predicted molar refractivity (Wildman–Crippen MR) is 187 cm³/mol. The molecule has 5 rings (SSSR count). The number of anilines is 1. The SMILES string of the molecule is CC(=O)OCC(O)(CCc1ccc([C@@H]2[C@@H](CCC(OC(C)=O)c3ccc(F)cc3)C(=O)N2c2ccc(CCc3ncn[nH]3)cc2)cc1)COC(C)=O. The van der Waals surface area contributed by atoms with Crippen molar-refractivity contribution in [3.8, 4) is 0 Å². The van der Waals surface area contributed by atoms with Gasteiger partial charge in [-0.2, -0.15) is 5.10 Å². The highest BCUT2D eigenvalue weighted by atomic mass is 19.1. The molecule has 1 aromatic heterocycles. The van der Waals surface area contributed by atoms with Gasteiger partial charge >= 0.3 is 17.9 Å². The molecule has 1 unspecified atom stereocenters. The van der Waals surface area contributed by atoms with Crippen LogP contribution < -0.4 is 4.90 Å². The first-order valence-corrected chi connectivity index (χ1v) is 17.2. The van der Waals surface area contributed by atoms with Crippen molar-refractivity contribution in [3.63, 3.8) is 0 Å². The number of H-pyrrole nitrogens is 1. The molecule has 12 nitrogen and oxygen atoms in total. The van der Waals surface area contributed by atoms with Gasteiger partial charge in [-0.1, -0.05) is 48.5 Å². The number of carbonyl (C=O) groups excluding carboxylic acids is 4. The number of hydrogen-bond acceptors (Lipinski definition) is 10. The van der Waals surface area contributed by atoms with E-state index in [1.165, 1.54) is 39.2 Å². The van der Waals surface area contributed by atoms with Gasteiger partial charge in [-0.15, -0.1) is 0 Å². The molecule has 3 atom stereocenters. The van der Waals surface area contributed by atoms with E-state index in [-0.39, 0.29) is 31.6 Å². The summed E-state index contributed by atoms with van der Waals surface area (Å²) in [6, 6.07) is 21.0. The zero-order valence-electron chi connectivity index (χ0n) is 29.4. The van der Waals surface area contributed by atoms with Gasteiger partial charge in [-0.25, -0.2) is 9.37 Å². The largest absolute Gasteiger partial charge is 0.463 e. The van der Waals surface area contributed by atoms with E-state index in [0.29, 0.717) is 31.2 Å². The normalized spacial score (nSPS) is 16.2. The lowest BCUT2D eigenvalue weighted by atomic mass is 9.78. The minimum Gasteiger partial charge on any atom is -0.463 e. The number of esters is 3. The lowest BCUT2D eigenvalue weighted by Gasteiger charge is -2.48. The Morgan fingerprint density at radius 2 is 1.48 bits per heavy atom. The predicted octanol–water partition coefficient (Wildman–Crippen LogP) is 5.31. The minimum atomic E-state index is -1.57. The number of carbonyl (C=O) groups is 4. The Labute approximate surface area is 301 Å². The number of hydrogen-bond donors (Lipinski definition) is 2. The number of aromatic nitrogens is 3. The summed E-state index contributed by atoms with van der Waals surface area (Å²) in [7, 11) is 0. The second kappa shape index (κ2) is 17.2. The number of nitrogens with one attached hydrogen (secondary N) is 1. The first kappa shape index (κ1) is 37.8. The zero-order chi connectivity index (χ0) is 37.3. The third kappa shape index (κ3) is 10.1. The van der Waals surface area contributed by atoms with Gasteiger partial charge in [-0.3, -0.25) is 24.3 Å². The van der Waals surface area contributed by atoms with Crippen LogP contribution in [0.3, 0.4) is 0 Å². The van der Waals surface area contributed by atoms with Crippen molar-refractivity contribution in [2.75, 3.05) is 18.1 Å². The standard InChI is InChI=1S/C39H43FN4O8/c1-25(45)50-22-39(49,23-51-26(2)46)21-20-29-4-9-31(10-5-29)37-34(17-18-35(52-27(3)47)30-11-13-32(40)14-12-30)38(48)44(37)33-15-6-28(7-16-33)8-19-36-41-24-42-43-36/h4-7,9-16,24,34-35,37,49H,8,17-23H2,1-3H3,(H,41,42,43)/t34-,35?,37-/m1/s1. The van der Waals surface area contributed by atoms with Crippen molar-refractivity contribution in [3.05, 3.63) is 113 Å². The van der Waals surface area contributed by atoms with Gasteiger partial charge < -0.3 is 24.2 Å². The zero-order valence-corrected chi connectivity index (χ0v) is 29.4. The molecule has 13 heteroatoms. The van der Waals surface area contributed by atoms with Gasteiger partial charge in [0.15, 0.2) is 0 Å². The number of benzene rings is 3. The van der Waals surface area contributed by atoms with E-state index in [4.69, 9.17) is 14.2 Å². The topological polar surface area (TPSA) is 161 Å². The van der Waals surface area contributed by atoms with E-state index in [9.17, 15) is 28.7 Å². The molecule has 1 aliphatic rings. The van der Waals surface area contributed by atoms with Crippen LogP contribution in [0.2, 0.25) is 0 Å². The van der Waals surface area contributed by atoms with Crippen molar-refractivity contribution >= 4 is 29.5 Å². The quantitative estimate of drug-likeness (QED) is 0.0834. The summed E-state index contributed by atoms with van der Waals surface area (Å²) >= 11 is 0. The molecule has 2 N–H and O–H groups in total. The minimum absolute atomic E-state index is 0.0647. The molecule has 3 aromatic carbocycles. The summed E-state index contributed by atoms with van der Waals surface area (Å²) in [6.45, 7) is 3.15. The number of β-lactam (4-membered cyclic amide) rings is 1. The fourth-order valence-electron chi connectivity index (χ4n) is 6.36. The molecule has 4 aromatic rings. The van der Waals surface area contributed by atoms with Gasteiger partial charge in [0.05, 0.1) is 12.0 Å². The van der Waals surface area contributed by atoms with Crippen molar-refractivity contribution < 1.29 is 42.9 Å². The van der Waals surface area contributed by atoms with Crippen LogP contribution in [0.25, 0.3) is 0 Å². The highest BCUT2D eigenvalue weighted by molar-refractivity contribution is 6.03. The maximum atomic E-state index is 13.9. The van der Waals surface area contributed by atoms with Crippen LogP contribution in [-0.2, 0) is 52.7 Å². The van der Waals surface area contributed by atoms with E-state index >= 15 is 0 Å². The van der Waals surface area contributed by atoms with E-state index in [2.05, 4.69) is 15.2 Å². The summed E-state index contributed by atoms with van der Waals surface area (Å²) in [6.07, 6.45) is 3.59. The Balaban J connectivity index is 1.34. The van der Waals surface area contributed by atoms with Crippen molar-refractivity contribution in [2.45, 2.75) is 77.0 Å². The lowest BCUT2D eigenvalue weighted by molar-refractivity contribution is -0.161. The smallest absolute Gasteiger partial charge is 0.303 e. The Bertz CT molecular complexity index is 1800. The maximum Gasteiger partial charge on any atom is 0.303 e. The van der Waals surface area contributed by atoms with Gasteiger partial charge in [0, 0.05) is 32.9 Å². The summed E-state index contributed by atoms with van der Waals surface area (Å²) in [5.41, 5.74) is 2.67. The Morgan fingerprint density at radius 3 is 2.06 bits per heavy atom. The molecular weight excluding hydrogens is 671 g/mol. The molecule has 0 aliphatic carbocycles. The third-order valence-electron chi connectivity index (χ3n) is 9.12. The van der Waals surface area contributed by atoms with Gasteiger partial charge in [0.25, 0.3) is 0 Å². The molecule has 0 saturated carbocycles. The van der Waals surface area contributed by atoms with Crippen molar-refractivity contribution in [2.24, 2.45) is 5.92 Å². The van der Waals surface area contributed by atoms with E-state index < -0.39 is 41.3 Å². The number of aryl methyl sites for hydroxylation is 3. The average molecular weight is 715 g/mol. The average Bonchev–Trinajstić information content (AvgIpc) is 3.65. The van der Waals surface area contributed by atoms with Crippen LogP contribution in [0.5, 0.6) is 0 Å². The number of aliphatic hydroxyl groups is 1. The van der Waals surface area contributed by atoms with Crippen LogP contribution in [-0.4, -0.2) is 62.9 Å². The van der Waals surface area contributed by atoms with Crippen LogP contribution in [0.15, 0.2) is 79.1 Å². The summed E-state index contributed by atoms with van der Waals surface area (Å²) in [5, 5.41) is 17.8. The van der Waals surface area contributed by atoms with Gasteiger partial charge in [0.1, 0.15) is 42.9 Å². The lowest BCUT2D eigenvalue weighted by Crippen LogP contribution is -2.55. The molecule has 0 radical (unpaired) electrons. The van der Waals surface area contributed by atoms with Gasteiger partial charge in [0.2, 0.25) is 5.91 Å². The van der Waals surface area contributed by atoms with E-state index in [0.717, 1.165) is 34.6 Å². The number of rotatable bonds is 17. The number of amides is 1. The number of nitrogens with zero attached hydrogens (tertiary/aromatic N) is 3. The maximum absolute atomic E-state index is 13.9. The van der Waals surface area contributed by atoms with Crippen molar-refractivity contribution in [1.82, 2.24) is 15.2 Å². The summed E-state index contributed by atoms with van der Waals surface area (Å²) in [5.74, 6) is -1.69. The molecule has 2 heterocycles.